The molecule has 0 aliphatic carbocycles. The lowest BCUT2D eigenvalue weighted by Gasteiger charge is -2.39. The Balaban J connectivity index is 1.43. The highest BCUT2D eigenvalue weighted by atomic mass is 32.1. The Kier molecular flexibility index (Phi) is 4.55. The zero-order chi connectivity index (χ0) is 20.7. The number of hydrogen-bond acceptors (Lipinski definition) is 5. The maximum Gasteiger partial charge on any atom is 0.256 e. The highest BCUT2D eigenvalue weighted by molar-refractivity contribution is 7.13. The summed E-state index contributed by atoms with van der Waals surface area (Å²) in [5, 5.41) is 4.86. The van der Waals surface area contributed by atoms with Crippen molar-refractivity contribution in [1.82, 2.24) is 14.8 Å². The average molecular weight is 418 g/mol. The molecule has 0 saturated carbocycles. The predicted molar refractivity (Wildman–Crippen MR) is 113 cm³/mol. The lowest BCUT2D eigenvalue weighted by molar-refractivity contribution is -0.121. The summed E-state index contributed by atoms with van der Waals surface area (Å²) in [6.45, 7) is 0.811. The number of nitrogens with one attached hydrogen (secondary N) is 1. The number of fused-ring (bicyclic) bond motifs is 2. The molecule has 2 aliphatic rings. The van der Waals surface area contributed by atoms with Gasteiger partial charge in [-0.25, -0.2) is 0 Å². The van der Waals surface area contributed by atoms with Gasteiger partial charge in [-0.3, -0.25) is 19.4 Å². The van der Waals surface area contributed by atoms with E-state index >= 15 is 0 Å². The van der Waals surface area contributed by atoms with Gasteiger partial charge in [-0.05, 0) is 41.3 Å². The van der Waals surface area contributed by atoms with E-state index in [-0.39, 0.29) is 24.3 Å². The number of thiophene rings is 1. The summed E-state index contributed by atoms with van der Waals surface area (Å²) in [4.78, 5) is 47.3. The standard InChI is InChI=1S/C22H18N4O3S/c27-20-18-13-25(21(28)15-3-1-7-23-12-15)8-9-26(18)22(29)16-11-14(5-6-17(16)24-20)19-4-2-10-30-19/h1-7,10-12,18H,8-9,13H2,(H,24,27). The molecule has 1 unspecified atom stereocenters. The van der Waals surface area contributed by atoms with Crippen LogP contribution in [0.15, 0.2) is 60.2 Å². The molecule has 2 aliphatic heterocycles. The Morgan fingerprint density at radius 2 is 2.03 bits per heavy atom. The lowest BCUT2D eigenvalue weighted by atomic mass is 10.1. The summed E-state index contributed by atoms with van der Waals surface area (Å²) < 4.78 is 0. The van der Waals surface area contributed by atoms with Gasteiger partial charge in [0.05, 0.1) is 23.4 Å². The molecule has 0 spiro atoms. The summed E-state index contributed by atoms with van der Waals surface area (Å²) in [5.74, 6) is -0.667. The molecule has 1 fully saturated rings. The second kappa shape index (κ2) is 7.38. The Morgan fingerprint density at radius 1 is 1.13 bits per heavy atom. The number of benzene rings is 1. The number of nitrogens with zero attached hydrogens (tertiary/aromatic N) is 3. The maximum absolute atomic E-state index is 13.3. The highest BCUT2D eigenvalue weighted by Crippen LogP contribution is 2.32. The largest absolute Gasteiger partial charge is 0.334 e. The molecule has 1 N–H and O–H groups in total. The minimum Gasteiger partial charge on any atom is -0.334 e. The molecule has 3 aromatic rings. The number of anilines is 1. The van der Waals surface area contributed by atoms with Crippen LogP contribution in [0.3, 0.4) is 0 Å². The minimum atomic E-state index is -0.732. The Morgan fingerprint density at radius 3 is 2.80 bits per heavy atom. The zero-order valence-corrected chi connectivity index (χ0v) is 16.8. The van der Waals surface area contributed by atoms with Gasteiger partial charge < -0.3 is 15.1 Å². The number of pyridine rings is 1. The van der Waals surface area contributed by atoms with E-state index in [9.17, 15) is 14.4 Å². The third-order valence-corrected chi connectivity index (χ3v) is 6.37. The molecule has 1 aromatic carbocycles. The summed E-state index contributed by atoms with van der Waals surface area (Å²) >= 11 is 1.60. The summed E-state index contributed by atoms with van der Waals surface area (Å²) in [7, 11) is 0. The maximum atomic E-state index is 13.3. The van der Waals surface area contributed by atoms with Gasteiger partial charge in [0.15, 0.2) is 0 Å². The smallest absolute Gasteiger partial charge is 0.256 e. The van der Waals surface area contributed by atoms with Crippen LogP contribution in [0, 0.1) is 0 Å². The number of rotatable bonds is 2. The van der Waals surface area contributed by atoms with Crippen LogP contribution < -0.4 is 5.32 Å². The van der Waals surface area contributed by atoms with Crippen molar-refractivity contribution < 1.29 is 14.4 Å². The van der Waals surface area contributed by atoms with Crippen molar-refractivity contribution in [3.05, 3.63) is 71.4 Å². The molecule has 4 heterocycles. The van der Waals surface area contributed by atoms with Gasteiger partial charge in [0.2, 0.25) is 5.91 Å². The van der Waals surface area contributed by atoms with E-state index in [1.807, 2.05) is 29.6 Å². The van der Waals surface area contributed by atoms with E-state index < -0.39 is 6.04 Å². The third kappa shape index (κ3) is 3.15. The molecule has 7 nitrogen and oxygen atoms in total. The van der Waals surface area contributed by atoms with E-state index in [1.165, 1.54) is 6.20 Å². The predicted octanol–water partition coefficient (Wildman–Crippen LogP) is 2.73. The highest BCUT2D eigenvalue weighted by Gasteiger charge is 2.40. The van der Waals surface area contributed by atoms with E-state index in [0.29, 0.717) is 29.9 Å². The van der Waals surface area contributed by atoms with Gasteiger partial charge in [-0.15, -0.1) is 11.3 Å². The number of carbonyl (C=O) groups excluding carboxylic acids is 3. The molecule has 0 bridgehead atoms. The van der Waals surface area contributed by atoms with Crippen LogP contribution in [0.1, 0.15) is 20.7 Å². The first-order valence-corrected chi connectivity index (χ1v) is 10.5. The molecular weight excluding hydrogens is 400 g/mol. The molecule has 30 heavy (non-hydrogen) atoms. The van der Waals surface area contributed by atoms with E-state index in [0.717, 1.165) is 10.4 Å². The van der Waals surface area contributed by atoms with Crippen molar-refractivity contribution in [3.63, 3.8) is 0 Å². The molecule has 5 rings (SSSR count). The van der Waals surface area contributed by atoms with E-state index in [1.54, 1.807) is 45.5 Å². The van der Waals surface area contributed by atoms with Crippen molar-refractivity contribution in [1.29, 1.82) is 0 Å². The van der Waals surface area contributed by atoms with Crippen LogP contribution in [0.25, 0.3) is 10.4 Å². The normalized spacial score (nSPS) is 18.3. The van der Waals surface area contributed by atoms with E-state index in [2.05, 4.69) is 10.3 Å². The summed E-state index contributed by atoms with van der Waals surface area (Å²) in [6.07, 6.45) is 3.11. The van der Waals surface area contributed by atoms with Crippen molar-refractivity contribution >= 4 is 34.7 Å². The fourth-order valence-electron chi connectivity index (χ4n) is 3.90. The first kappa shape index (κ1) is 18.5. The second-order valence-electron chi connectivity index (χ2n) is 7.23. The van der Waals surface area contributed by atoms with Gasteiger partial charge in [0.25, 0.3) is 11.8 Å². The van der Waals surface area contributed by atoms with Crippen LogP contribution in [0.4, 0.5) is 5.69 Å². The number of amides is 3. The first-order chi connectivity index (χ1) is 14.6. The van der Waals surface area contributed by atoms with Gasteiger partial charge >= 0.3 is 0 Å². The van der Waals surface area contributed by atoms with Crippen LogP contribution in [-0.4, -0.2) is 58.2 Å². The summed E-state index contributed by atoms with van der Waals surface area (Å²) in [5.41, 5.74) is 2.39. The molecule has 8 heteroatoms. The summed E-state index contributed by atoms with van der Waals surface area (Å²) in [6, 6.07) is 12.1. The molecular formula is C22H18N4O3S. The zero-order valence-electron chi connectivity index (χ0n) is 15.9. The van der Waals surface area contributed by atoms with Gasteiger partial charge in [-0.1, -0.05) is 12.1 Å². The lowest BCUT2D eigenvalue weighted by Crippen LogP contribution is -2.59. The molecule has 150 valence electrons. The van der Waals surface area contributed by atoms with Crippen LogP contribution in [0.2, 0.25) is 0 Å². The minimum absolute atomic E-state index is 0.150. The Labute approximate surface area is 177 Å². The van der Waals surface area contributed by atoms with Crippen molar-refractivity contribution in [2.24, 2.45) is 0 Å². The van der Waals surface area contributed by atoms with Crippen LogP contribution in [0.5, 0.6) is 0 Å². The van der Waals surface area contributed by atoms with Gasteiger partial charge in [-0.2, -0.15) is 0 Å². The van der Waals surface area contributed by atoms with Crippen molar-refractivity contribution in [2.75, 3.05) is 25.0 Å². The van der Waals surface area contributed by atoms with Gasteiger partial charge in [0, 0.05) is 30.4 Å². The molecule has 3 amide bonds. The van der Waals surface area contributed by atoms with Crippen molar-refractivity contribution in [2.45, 2.75) is 6.04 Å². The molecule has 2 aromatic heterocycles. The number of hydrogen-bond donors (Lipinski definition) is 1. The average Bonchev–Trinajstić information content (AvgIpc) is 3.30. The molecule has 0 radical (unpaired) electrons. The fraction of sp³-hybridized carbons (Fsp3) is 0.182. The van der Waals surface area contributed by atoms with Crippen molar-refractivity contribution in [3.8, 4) is 10.4 Å². The third-order valence-electron chi connectivity index (χ3n) is 5.45. The first-order valence-electron chi connectivity index (χ1n) is 9.61. The Hall–Kier alpha value is -3.52. The molecule has 1 atom stereocenters. The Bertz CT molecular complexity index is 1130. The topological polar surface area (TPSA) is 82.6 Å². The number of aromatic nitrogens is 1. The van der Waals surface area contributed by atoms with Crippen LogP contribution >= 0.6 is 11.3 Å². The fourth-order valence-corrected chi connectivity index (χ4v) is 4.63. The quantitative estimate of drug-likeness (QED) is 0.694. The number of carbonyl (C=O) groups is 3. The van der Waals surface area contributed by atoms with E-state index in [4.69, 9.17) is 0 Å². The van der Waals surface area contributed by atoms with Crippen LogP contribution in [-0.2, 0) is 4.79 Å². The van der Waals surface area contributed by atoms with Gasteiger partial charge in [0.1, 0.15) is 6.04 Å². The second-order valence-corrected chi connectivity index (χ2v) is 8.18. The SMILES string of the molecule is O=C1Nc2ccc(-c3cccs3)cc2C(=O)N2CCN(C(=O)c3cccnc3)CC12. The number of piperazine rings is 1. The molecule has 1 saturated heterocycles. The monoisotopic (exact) mass is 418 g/mol.